The molecule has 0 saturated heterocycles. The summed E-state index contributed by atoms with van der Waals surface area (Å²) in [6.45, 7) is 1.91. The van der Waals surface area contributed by atoms with E-state index in [9.17, 15) is 4.79 Å². The molecule has 140 valence electrons. The molecule has 0 bridgehead atoms. The normalized spacial score (nSPS) is 11.4. The zero-order valence-corrected chi connectivity index (χ0v) is 15.8. The molecule has 0 saturated carbocycles. The van der Waals surface area contributed by atoms with Crippen LogP contribution >= 0.6 is 0 Å². The topological polar surface area (TPSA) is 66.0 Å². The molecule has 0 fully saturated rings. The lowest BCUT2D eigenvalue weighted by atomic mass is 10.1. The highest BCUT2D eigenvalue weighted by Gasteiger charge is 2.17. The van der Waals surface area contributed by atoms with E-state index in [-0.39, 0.29) is 18.4 Å². The maximum Gasteiger partial charge on any atom is 0.224 e. The lowest BCUT2D eigenvalue weighted by Crippen LogP contribution is -2.28. The largest absolute Gasteiger partial charge is 0.493 e. The predicted octanol–water partition coefficient (Wildman–Crippen LogP) is 3.14. The molecule has 1 amide bonds. The third-order valence-electron chi connectivity index (χ3n) is 4.09. The van der Waals surface area contributed by atoms with Crippen molar-refractivity contribution in [3.63, 3.8) is 0 Å². The molecule has 0 heterocycles. The fourth-order valence-corrected chi connectivity index (χ4v) is 2.80. The van der Waals surface area contributed by atoms with Crippen molar-refractivity contribution in [2.24, 2.45) is 0 Å². The van der Waals surface area contributed by atoms with Gasteiger partial charge in [-0.25, -0.2) is 0 Å². The number of benzene rings is 2. The van der Waals surface area contributed by atoms with Gasteiger partial charge < -0.3 is 24.3 Å². The Morgan fingerprint density at radius 2 is 1.62 bits per heavy atom. The molecular formula is C20H25NO5. The molecule has 0 aliphatic rings. The molecule has 0 aliphatic carbocycles. The van der Waals surface area contributed by atoms with E-state index < -0.39 is 0 Å². The Bertz CT molecular complexity index is 760. The van der Waals surface area contributed by atoms with E-state index in [4.69, 9.17) is 18.9 Å². The van der Waals surface area contributed by atoms with Gasteiger partial charge in [0.2, 0.25) is 5.91 Å². The van der Waals surface area contributed by atoms with E-state index in [1.165, 1.54) is 0 Å². The molecule has 0 radical (unpaired) electrons. The van der Waals surface area contributed by atoms with Crippen LogP contribution in [0.2, 0.25) is 0 Å². The SMILES string of the molecule is COc1ccc(CC(=O)NC(C)c2cccc(OC)c2OC)cc1OC. The molecule has 2 aromatic carbocycles. The third kappa shape index (κ3) is 4.39. The number of para-hydroxylation sites is 1. The molecule has 2 rings (SSSR count). The summed E-state index contributed by atoms with van der Waals surface area (Å²) in [6.07, 6.45) is 0.233. The summed E-state index contributed by atoms with van der Waals surface area (Å²) >= 11 is 0. The van der Waals surface area contributed by atoms with Crippen LogP contribution in [0.3, 0.4) is 0 Å². The average molecular weight is 359 g/mol. The van der Waals surface area contributed by atoms with Crippen molar-refractivity contribution in [2.45, 2.75) is 19.4 Å². The Morgan fingerprint density at radius 3 is 2.23 bits per heavy atom. The van der Waals surface area contributed by atoms with Crippen molar-refractivity contribution >= 4 is 5.91 Å². The number of rotatable bonds is 8. The molecular weight excluding hydrogens is 334 g/mol. The van der Waals surface area contributed by atoms with Gasteiger partial charge >= 0.3 is 0 Å². The van der Waals surface area contributed by atoms with Crippen molar-refractivity contribution in [2.75, 3.05) is 28.4 Å². The average Bonchev–Trinajstić information content (AvgIpc) is 2.66. The Hall–Kier alpha value is -2.89. The van der Waals surface area contributed by atoms with Gasteiger partial charge in [0, 0.05) is 5.56 Å². The Labute approximate surface area is 154 Å². The molecule has 1 N–H and O–H groups in total. The number of ether oxygens (including phenoxy) is 4. The number of nitrogens with one attached hydrogen (secondary N) is 1. The highest BCUT2D eigenvalue weighted by atomic mass is 16.5. The Kier molecular flexibility index (Phi) is 6.72. The second kappa shape index (κ2) is 8.99. The maximum atomic E-state index is 12.4. The standard InChI is InChI=1S/C20H25NO5/c1-13(15-7-6-8-17(24-3)20(15)26-5)21-19(22)12-14-9-10-16(23-2)18(11-14)25-4/h6-11,13H,12H2,1-5H3,(H,21,22). The summed E-state index contributed by atoms with van der Waals surface area (Å²) in [5.41, 5.74) is 1.69. The number of carbonyl (C=O) groups excluding carboxylic acids is 1. The zero-order valence-electron chi connectivity index (χ0n) is 15.8. The first-order valence-corrected chi connectivity index (χ1v) is 8.25. The smallest absolute Gasteiger partial charge is 0.224 e. The number of methoxy groups -OCH3 is 4. The lowest BCUT2D eigenvalue weighted by molar-refractivity contribution is -0.121. The van der Waals surface area contributed by atoms with Gasteiger partial charge in [-0.05, 0) is 30.7 Å². The van der Waals surface area contributed by atoms with Crippen LogP contribution < -0.4 is 24.3 Å². The first-order chi connectivity index (χ1) is 12.5. The van der Waals surface area contributed by atoms with Crippen LogP contribution in [0.15, 0.2) is 36.4 Å². The predicted molar refractivity (Wildman–Crippen MR) is 99.4 cm³/mol. The molecule has 6 heteroatoms. The number of hydrogen-bond acceptors (Lipinski definition) is 5. The van der Waals surface area contributed by atoms with Crippen LogP contribution in [0.5, 0.6) is 23.0 Å². The summed E-state index contributed by atoms with van der Waals surface area (Å²) in [7, 11) is 6.31. The fourth-order valence-electron chi connectivity index (χ4n) is 2.80. The van der Waals surface area contributed by atoms with Crippen LogP contribution in [0.1, 0.15) is 24.1 Å². The van der Waals surface area contributed by atoms with Gasteiger partial charge in [-0.1, -0.05) is 18.2 Å². The minimum absolute atomic E-state index is 0.102. The van der Waals surface area contributed by atoms with Gasteiger partial charge in [0.1, 0.15) is 0 Å². The van der Waals surface area contributed by atoms with Crippen molar-refractivity contribution in [3.05, 3.63) is 47.5 Å². The number of amides is 1. The highest BCUT2D eigenvalue weighted by molar-refractivity contribution is 5.79. The highest BCUT2D eigenvalue weighted by Crippen LogP contribution is 2.34. The van der Waals surface area contributed by atoms with E-state index >= 15 is 0 Å². The number of hydrogen-bond donors (Lipinski definition) is 1. The summed E-state index contributed by atoms with van der Waals surface area (Å²) in [6, 6.07) is 10.8. The number of carbonyl (C=O) groups is 1. The van der Waals surface area contributed by atoms with E-state index in [2.05, 4.69) is 5.32 Å². The Balaban J connectivity index is 2.11. The van der Waals surface area contributed by atoms with Crippen LogP contribution in [-0.2, 0) is 11.2 Å². The first kappa shape index (κ1) is 19.4. The molecule has 0 aliphatic heterocycles. The fraction of sp³-hybridized carbons (Fsp3) is 0.350. The van der Waals surface area contributed by atoms with Crippen molar-refractivity contribution in [1.82, 2.24) is 5.32 Å². The zero-order chi connectivity index (χ0) is 19.1. The minimum atomic E-state index is -0.229. The van der Waals surface area contributed by atoms with Gasteiger partial charge in [-0.15, -0.1) is 0 Å². The van der Waals surface area contributed by atoms with Crippen molar-refractivity contribution < 1.29 is 23.7 Å². The Morgan fingerprint density at radius 1 is 0.923 bits per heavy atom. The molecule has 0 aromatic heterocycles. The van der Waals surface area contributed by atoms with E-state index in [0.717, 1.165) is 11.1 Å². The molecule has 6 nitrogen and oxygen atoms in total. The maximum absolute atomic E-state index is 12.4. The lowest BCUT2D eigenvalue weighted by Gasteiger charge is -2.19. The molecule has 1 unspecified atom stereocenters. The monoisotopic (exact) mass is 359 g/mol. The summed E-state index contributed by atoms with van der Waals surface area (Å²) < 4.78 is 21.2. The molecule has 26 heavy (non-hydrogen) atoms. The molecule has 0 spiro atoms. The van der Waals surface area contributed by atoms with Crippen LogP contribution in [0.25, 0.3) is 0 Å². The third-order valence-corrected chi connectivity index (χ3v) is 4.09. The molecule has 1 atom stereocenters. The van der Waals surface area contributed by atoms with Crippen LogP contribution in [0, 0.1) is 0 Å². The van der Waals surface area contributed by atoms with Gasteiger partial charge in [0.15, 0.2) is 23.0 Å². The first-order valence-electron chi connectivity index (χ1n) is 8.25. The second-order valence-electron chi connectivity index (χ2n) is 5.74. The summed E-state index contributed by atoms with van der Waals surface area (Å²) in [5.74, 6) is 2.38. The second-order valence-corrected chi connectivity index (χ2v) is 5.74. The van der Waals surface area contributed by atoms with Crippen molar-refractivity contribution in [3.8, 4) is 23.0 Å². The van der Waals surface area contributed by atoms with Gasteiger partial charge in [-0.3, -0.25) is 4.79 Å². The van der Waals surface area contributed by atoms with Crippen LogP contribution in [0.4, 0.5) is 0 Å². The van der Waals surface area contributed by atoms with E-state index in [1.54, 1.807) is 40.6 Å². The minimum Gasteiger partial charge on any atom is -0.493 e. The quantitative estimate of drug-likeness (QED) is 0.784. The van der Waals surface area contributed by atoms with Gasteiger partial charge in [0.25, 0.3) is 0 Å². The van der Waals surface area contributed by atoms with Crippen molar-refractivity contribution in [1.29, 1.82) is 0 Å². The van der Waals surface area contributed by atoms with E-state index in [0.29, 0.717) is 23.0 Å². The van der Waals surface area contributed by atoms with E-state index in [1.807, 2.05) is 31.2 Å². The van der Waals surface area contributed by atoms with Gasteiger partial charge in [0.05, 0.1) is 40.9 Å². The summed E-state index contributed by atoms with van der Waals surface area (Å²) in [5, 5.41) is 2.99. The van der Waals surface area contributed by atoms with Gasteiger partial charge in [-0.2, -0.15) is 0 Å². The molecule has 2 aromatic rings. The van der Waals surface area contributed by atoms with Crippen LogP contribution in [-0.4, -0.2) is 34.3 Å². The summed E-state index contributed by atoms with van der Waals surface area (Å²) in [4.78, 5) is 12.4.